The van der Waals surface area contributed by atoms with Crippen molar-refractivity contribution in [1.29, 1.82) is 0 Å². The first-order chi connectivity index (χ1) is 6.55. The fourth-order valence-corrected chi connectivity index (χ4v) is 4.21. The highest BCUT2D eigenvalue weighted by atomic mass is 127. The Labute approximate surface area is 105 Å². The molecule has 1 rings (SSSR count). The molecular formula is C12H19IS. The average Bonchev–Trinajstić information content (AvgIpc) is 2.48. The molecule has 0 N–H and O–H groups in total. The lowest BCUT2D eigenvalue weighted by atomic mass is 9.78. The Morgan fingerprint density at radius 3 is 2.43 bits per heavy atom. The second-order valence-electron chi connectivity index (χ2n) is 4.18. The van der Waals surface area contributed by atoms with Crippen LogP contribution in [0.25, 0.3) is 0 Å². The average molecular weight is 322 g/mol. The number of hydrogen-bond donors (Lipinski definition) is 0. The van der Waals surface area contributed by atoms with Crippen molar-refractivity contribution in [1.82, 2.24) is 0 Å². The summed E-state index contributed by atoms with van der Waals surface area (Å²) in [5.74, 6) is 0. The number of hydrogen-bond acceptors (Lipinski definition) is 1. The zero-order chi connectivity index (χ0) is 10.8. The zero-order valence-electron chi connectivity index (χ0n) is 9.48. The smallest absolute Gasteiger partial charge is 0.0304 e. The predicted molar refractivity (Wildman–Crippen MR) is 74.3 cm³/mol. The third kappa shape index (κ3) is 2.32. The highest BCUT2D eigenvalue weighted by Gasteiger charge is 2.27. The van der Waals surface area contributed by atoms with Gasteiger partial charge in [0.05, 0.1) is 0 Å². The first kappa shape index (κ1) is 12.5. The molecule has 0 radical (unpaired) electrons. The number of halogens is 1. The lowest BCUT2D eigenvalue weighted by Crippen LogP contribution is -2.20. The van der Waals surface area contributed by atoms with Crippen molar-refractivity contribution < 1.29 is 0 Å². The number of rotatable bonds is 4. The number of thiophene rings is 1. The standard InChI is InChI=1S/C12H19IS/c1-5-7-12(4,6-2)10-8-14-9(3)11(10)13/h8H,5-7H2,1-4H3. The van der Waals surface area contributed by atoms with Crippen LogP contribution in [-0.2, 0) is 5.41 Å². The van der Waals surface area contributed by atoms with Gasteiger partial charge in [-0.3, -0.25) is 0 Å². The molecule has 0 nitrogen and oxygen atoms in total. The minimum atomic E-state index is 0.399. The summed E-state index contributed by atoms with van der Waals surface area (Å²) < 4.78 is 1.49. The molecule has 80 valence electrons. The van der Waals surface area contributed by atoms with Crippen molar-refractivity contribution in [3.8, 4) is 0 Å². The number of aryl methyl sites for hydroxylation is 1. The van der Waals surface area contributed by atoms with Crippen molar-refractivity contribution in [3.05, 3.63) is 19.4 Å². The van der Waals surface area contributed by atoms with Crippen LogP contribution in [-0.4, -0.2) is 0 Å². The van der Waals surface area contributed by atoms with Crippen LogP contribution in [0, 0.1) is 10.5 Å². The third-order valence-electron chi connectivity index (χ3n) is 3.13. The Bertz CT molecular complexity index is 303. The van der Waals surface area contributed by atoms with Crippen LogP contribution < -0.4 is 0 Å². The molecule has 1 aromatic rings. The molecule has 0 amide bonds. The monoisotopic (exact) mass is 322 g/mol. The second-order valence-corrected chi connectivity index (χ2v) is 6.35. The molecule has 0 saturated heterocycles. The fourth-order valence-electron chi connectivity index (χ4n) is 1.90. The quantitative estimate of drug-likeness (QED) is 0.674. The maximum absolute atomic E-state index is 2.50. The molecule has 0 aliphatic rings. The van der Waals surface area contributed by atoms with E-state index in [9.17, 15) is 0 Å². The first-order valence-corrected chi connectivity index (χ1v) is 7.25. The Morgan fingerprint density at radius 2 is 2.07 bits per heavy atom. The van der Waals surface area contributed by atoms with Gasteiger partial charge in [0, 0.05) is 8.45 Å². The molecular weight excluding hydrogens is 303 g/mol. The third-order valence-corrected chi connectivity index (χ3v) is 5.80. The second kappa shape index (κ2) is 4.97. The van der Waals surface area contributed by atoms with Crippen molar-refractivity contribution in [2.24, 2.45) is 0 Å². The van der Waals surface area contributed by atoms with E-state index in [1.54, 1.807) is 5.56 Å². The van der Waals surface area contributed by atoms with Gasteiger partial charge in [0.1, 0.15) is 0 Å². The van der Waals surface area contributed by atoms with Crippen LogP contribution in [0.5, 0.6) is 0 Å². The fraction of sp³-hybridized carbons (Fsp3) is 0.667. The highest BCUT2D eigenvalue weighted by molar-refractivity contribution is 14.1. The van der Waals surface area contributed by atoms with E-state index in [0.29, 0.717) is 5.41 Å². The van der Waals surface area contributed by atoms with Gasteiger partial charge in [-0.1, -0.05) is 27.2 Å². The lowest BCUT2D eigenvalue weighted by molar-refractivity contribution is 0.413. The topological polar surface area (TPSA) is 0 Å². The van der Waals surface area contributed by atoms with Crippen molar-refractivity contribution in [2.45, 2.75) is 52.4 Å². The molecule has 0 aliphatic heterocycles. The van der Waals surface area contributed by atoms with Gasteiger partial charge < -0.3 is 0 Å². The Kier molecular flexibility index (Phi) is 4.44. The molecule has 1 aromatic heterocycles. The van der Waals surface area contributed by atoms with Crippen molar-refractivity contribution >= 4 is 33.9 Å². The van der Waals surface area contributed by atoms with Gasteiger partial charge in [-0.25, -0.2) is 0 Å². The lowest BCUT2D eigenvalue weighted by Gasteiger charge is -2.28. The van der Waals surface area contributed by atoms with Crippen LogP contribution in [0.3, 0.4) is 0 Å². The van der Waals surface area contributed by atoms with Gasteiger partial charge in [0.15, 0.2) is 0 Å². The molecule has 0 aromatic carbocycles. The molecule has 0 spiro atoms. The largest absolute Gasteiger partial charge is 0.148 e. The van der Waals surface area contributed by atoms with Crippen LogP contribution in [0.2, 0.25) is 0 Å². The van der Waals surface area contributed by atoms with E-state index < -0.39 is 0 Å². The summed E-state index contributed by atoms with van der Waals surface area (Å²) in [6.45, 7) is 9.21. The van der Waals surface area contributed by atoms with Crippen LogP contribution in [0.15, 0.2) is 5.38 Å². The van der Waals surface area contributed by atoms with Gasteiger partial charge >= 0.3 is 0 Å². The molecule has 2 heteroatoms. The zero-order valence-corrected chi connectivity index (χ0v) is 12.5. The molecule has 14 heavy (non-hydrogen) atoms. The summed E-state index contributed by atoms with van der Waals surface area (Å²) in [7, 11) is 0. The van der Waals surface area contributed by atoms with Crippen molar-refractivity contribution in [3.63, 3.8) is 0 Å². The van der Waals surface area contributed by atoms with Crippen LogP contribution in [0.1, 0.15) is 50.5 Å². The molecule has 1 heterocycles. The van der Waals surface area contributed by atoms with E-state index in [2.05, 4.69) is 55.7 Å². The Morgan fingerprint density at radius 1 is 1.43 bits per heavy atom. The van der Waals surface area contributed by atoms with Gasteiger partial charge in [-0.05, 0) is 58.7 Å². The molecule has 0 fully saturated rings. The van der Waals surface area contributed by atoms with Gasteiger partial charge in [0.25, 0.3) is 0 Å². The normalized spacial score (nSPS) is 15.5. The van der Waals surface area contributed by atoms with E-state index in [-0.39, 0.29) is 0 Å². The van der Waals surface area contributed by atoms with Crippen LogP contribution >= 0.6 is 33.9 Å². The van der Waals surface area contributed by atoms with Crippen molar-refractivity contribution in [2.75, 3.05) is 0 Å². The molecule has 0 saturated carbocycles. The predicted octanol–water partition coefficient (Wildman–Crippen LogP) is 5.13. The first-order valence-electron chi connectivity index (χ1n) is 5.29. The summed E-state index contributed by atoms with van der Waals surface area (Å²) in [4.78, 5) is 1.47. The Balaban J connectivity index is 3.05. The van der Waals surface area contributed by atoms with E-state index in [1.165, 1.54) is 27.7 Å². The molecule has 1 atom stereocenters. The van der Waals surface area contributed by atoms with E-state index in [4.69, 9.17) is 0 Å². The van der Waals surface area contributed by atoms with E-state index in [1.807, 2.05) is 11.3 Å². The maximum Gasteiger partial charge on any atom is 0.0304 e. The van der Waals surface area contributed by atoms with Crippen LogP contribution in [0.4, 0.5) is 0 Å². The molecule has 1 unspecified atom stereocenters. The maximum atomic E-state index is 2.50. The molecule has 0 aliphatic carbocycles. The summed E-state index contributed by atoms with van der Waals surface area (Å²) in [6, 6.07) is 0. The van der Waals surface area contributed by atoms with Gasteiger partial charge in [-0.15, -0.1) is 11.3 Å². The van der Waals surface area contributed by atoms with Gasteiger partial charge in [0.2, 0.25) is 0 Å². The van der Waals surface area contributed by atoms with E-state index in [0.717, 1.165) is 0 Å². The van der Waals surface area contributed by atoms with Gasteiger partial charge in [-0.2, -0.15) is 0 Å². The summed E-state index contributed by atoms with van der Waals surface area (Å²) in [5, 5.41) is 2.36. The minimum absolute atomic E-state index is 0.399. The van der Waals surface area contributed by atoms with E-state index >= 15 is 0 Å². The Hall–Kier alpha value is 0.430. The SMILES string of the molecule is CCCC(C)(CC)c1csc(C)c1I. The highest BCUT2D eigenvalue weighted by Crippen LogP contribution is 2.38. The summed E-state index contributed by atoms with van der Waals surface area (Å²) >= 11 is 4.39. The molecule has 0 bridgehead atoms. The summed E-state index contributed by atoms with van der Waals surface area (Å²) in [5.41, 5.74) is 1.97. The minimum Gasteiger partial charge on any atom is -0.148 e. The summed E-state index contributed by atoms with van der Waals surface area (Å²) in [6.07, 6.45) is 3.82.